The Kier molecular flexibility index (Phi) is 3.90. The molecule has 3 rings (SSSR count). The lowest BCUT2D eigenvalue weighted by atomic mass is 9.99. The third-order valence-electron chi connectivity index (χ3n) is 3.49. The van der Waals surface area contributed by atoms with Crippen LogP contribution in [0.2, 0.25) is 0 Å². The zero-order chi connectivity index (χ0) is 14.8. The van der Waals surface area contributed by atoms with E-state index < -0.39 is 0 Å². The zero-order valence-electron chi connectivity index (χ0n) is 11.5. The Hall–Kier alpha value is -1.92. The molecule has 4 nitrogen and oxygen atoms in total. The van der Waals surface area contributed by atoms with Gasteiger partial charge in [0.25, 0.3) is 5.91 Å². The van der Waals surface area contributed by atoms with E-state index in [2.05, 4.69) is 10.6 Å². The maximum atomic E-state index is 14.4. The number of fused-ring (bicyclic) bond motifs is 1. The van der Waals surface area contributed by atoms with Crippen molar-refractivity contribution in [2.24, 2.45) is 0 Å². The number of hydrogen-bond donors (Lipinski definition) is 2. The van der Waals surface area contributed by atoms with Gasteiger partial charge in [0, 0.05) is 18.0 Å². The van der Waals surface area contributed by atoms with E-state index >= 15 is 0 Å². The van der Waals surface area contributed by atoms with Crippen LogP contribution in [-0.4, -0.2) is 19.6 Å². The standard InChI is InChI=1S/C15H15FN2O2S/c1-20-10-6-13(21-8-10)15(19)18-12-3-2-9-7-17-5-4-11(9)14(12)16/h2-3,6,8,17H,4-5,7H2,1H3,(H,18,19). The summed E-state index contributed by atoms with van der Waals surface area (Å²) in [5.41, 5.74) is 1.87. The van der Waals surface area contributed by atoms with Crippen LogP contribution >= 0.6 is 11.3 Å². The van der Waals surface area contributed by atoms with Gasteiger partial charge in [-0.25, -0.2) is 4.39 Å². The number of ether oxygens (including phenoxy) is 1. The fourth-order valence-corrected chi connectivity index (χ4v) is 3.11. The van der Waals surface area contributed by atoms with Crippen LogP contribution in [0.4, 0.5) is 10.1 Å². The van der Waals surface area contributed by atoms with Gasteiger partial charge in [0.15, 0.2) is 0 Å². The van der Waals surface area contributed by atoms with Crippen molar-refractivity contribution >= 4 is 22.9 Å². The third kappa shape index (κ3) is 2.77. The van der Waals surface area contributed by atoms with Crippen LogP contribution in [-0.2, 0) is 13.0 Å². The molecule has 0 spiro atoms. The van der Waals surface area contributed by atoms with Crippen molar-refractivity contribution in [2.75, 3.05) is 19.0 Å². The van der Waals surface area contributed by atoms with Gasteiger partial charge in [-0.3, -0.25) is 4.79 Å². The molecule has 110 valence electrons. The highest BCUT2D eigenvalue weighted by molar-refractivity contribution is 7.12. The van der Waals surface area contributed by atoms with Gasteiger partial charge < -0.3 is 15.4 Å². The van der Waals surface area contributed by atoms with E-state index in [1.165, 1.54) is 11.3 Å². The van der Waals surface area contributed by atoms with Crippen molar-refractivity contribution in [2.45, 2.75) is 13.0 Å². The fraction of sp³-hybridized carbons (Fsp3) is 0.267. The van der Waals surface area contributed by atoms with Crippen LogP contribution in [0.15, 0.2) is 23.6 Å². The Labute approximate surface area is 125 Å². The van der Waals surface area contributed by atoms with E-state index in [1.807, 2.05) is 6.07 Å². The van der Waals surface area contributed by atoms with Gasteiger partial charge in [0.05, 0.1) is 17.7 Å². The summed E-state index contributed by atoms with van der Waals surface area (Å²) in [5, 5.41) is 7.57. The lowest BCUT2D eigenvalue weighted by molar-refractivity contribution is 0.103. The first-order valence-corrected chi connectivity index (χ1v) is 7.52. The van der Waals surface area contributed by atoms with Crippen LogP contribution in [0, 0.1) is 5.82 Å². The number of amides is 1. The molecule has 1 aliphatic heterocycles. The minimum Gasteiger partial charge on any atom is -0.496 e. The summed E-state index contributed by atoms with van der Waals surface area (Å²) in [6.07, 6.45) is 0.637. The highest BCUT2D eigenvalue weighted by Gasteiger charge is 2.18. The van der Waals surface area contributed by atoms with Crippen molar-refractivity contribution in [3.8, 4) is 5.75 Å². The Balaban J connectivity index is 1.83. The smallest absolute Gasteiger partial charge is 0.265 e. The Morgan fingerprint density at radius 2 is 2.33 bits per heavy atom. The molecule has 0 bridgehead atoms. The summed E-state index contributed by atoms with van der Waals surface area (Å²) >= 11 is 1.27. The number of hydrogen-bond acceptors (Lipinski definition) is 4. The Bertz CT molecular complexity index is 684. The molecule has 0 atom stereocenters. The van der Waals surface area contributed by atoms with Crippen molar-refractivity contribution < 1.29 is 13.9 Å². The number of nitrogens with one attached hydrogen (secondary N) is 2. The first kappa shape index (κ1) is 14.0. The van der Waals surface area contributed by atoms with Crippen molar-refractivity contribution in [1.82, 2.24) is 5.32 Å². The molecule has 21 heavy (non-hydrogen) atoms. The molecule has 0 unspecified atom stereocenters. The molecule has 0 saturated heterocycles. The Morgan fingerprint density at radius 3 is 3.10 bits per heavy atom. The molecule has 0 fully saturated rings. The fourth-order valence-electron chi connectivity index (χ4n) is 2.36. The van der Waals surface area contributed by atoms with Gasteiger partial charge in [-0.2, -0.15) is 0 Å². The van der Waals surface area contributed by atoms with Gasteiger partial charge >= 0.3 is 0 Å². The predicted octanol–water partition coefficient (Wildman–Crippen LogP) is 2.79. The van der Waals surface area contributed by atoms with E-state index in [0.29, 0.717) is 29.2 Å². The number of benzene rings is 1. The number of carbonyl (C=O) groups is 1. The number of rotatable bonds is 3. The number of halogens is 1. The van der Waals surface area contributed by atoms with Crippen LogP contribution < -0.4 is 15.4 Å². The van der Waals surface area contributed by atoms with Crippen molar-refractivity contribution in [3.05, 3.63) is 45.4 Å². The van der Waals surface area contributed by atoms with E-state index in [9.17, 15) is 9.18 Å². The molecule has 1 aromatic heterocycles. The zero-order valence-corrected chi connectivity index (χ0v) is 12.3. The van der Waals surface area contributed by atoms with Crippen LogP contribution in [0.5, 0.6) is 5.75 Å². The highest BCUT2D eigenvalue weighted by atomic mass is 32.1. The molecule has 2 heterocycles. The molecule has 1 amide bonds. The number of thiophene rings is 1. The SMILES string of the molecule is COc1csc(C(=O)Nc2ccc3c(c2F)CCNC3)c1. The maximum Gasteiger partial charge on any atom is 0.265 e. The minimum atomic E-state index is -0.328. The number of anilines is 1. The molecule has 6 heteroatoms. The largest absolute Gasteiger partial charge is 0.496 e. The monoisotopic (exact) mass is 306 g/mol. The highest BCUT2D eigenvalue weighted by Crippen LogP contribution is 2.26. The van der Waals surface area contributed by atoms with E-state index in [4.69, 9.17) is 4.74 Å². The van der Waals surface area contributed by atoms with Crippen LogP contribution in [0.25, 0.3) is 0 Å². The average molecular weight is 306 g/mol. The topological polar surface area (TPSA) is 50.4 Å². The summed E-state index contributed by atoms with van der Waals surface area (Å²) < 4.78 is 19.5. The molecule has 0 radical (unpaired) electrons. The summed E-state index contributed by atoms with van der Waals surface area (Å²) in [5.74, 6) is -0.0240. The van der Waals surface area contributed by atoms with Gasteiger partial charge in [-0.05, 0) is 30.2 Å². The summed E-state index contributed by atoms with van der Waals surface area (Å²) in [7, 11) is 1.54. The maximum absolute atomic E-state index is 14.4. The summed E-state index contributed by atoms with van der Waals surface area (Å²) in [6.45, 7) is 1.42. The van der Waals surface area contributed by atoms with Crippen molar-refractivity contribution in [1.29, 1.82) is 0 Å². The number of carbonyl (C=O) groups excluding carboxylic acids is 1. The van der Waals surface area contributed by atoms with E-state index in [0.717, 1.165) is 12.1 Å². The molecule has 2 aromatic rings. The van der Waals surface area contributed by atoms with Crippen molar-refractivity contribution in [3.63, 3.8) is 0 Å². The van der Waals surface area contributed by atoms with Crippen LogP contribution in [0.1, 0.15) is 20.8 Å². The Morgan fingerprint density at radius 1 is 1.48 bits per heavy atom. The average Bonchev–Trinajstić information content (AvgIpc) is 2.99. The lowest BCUT2D eigenvalue weighted by Crippen LogP contribution is -2.25. The molecule has 0 aliphatic carbocycles. The van der Waals surface area contributed by atoms with Gasteiger partial charge in [0.2, 0.25) is 0 Å². The van der Waals surface area contributed by atoms with E-state index in [-0.39, 0.29) is 17.4 Å². The molecular formula is C15H15FN2O2S. The normalized spacial score (nSPS) is 13.6. The van der Waals surface area contributed by atoms with Crippen LogP contribution in [0.3, 0.4) is 0 Å². The first-order chi connectivity index (χ1) is 10.2. The van der Waals surface area contributed by atoms with Gasteiger partial charge in [0.1, 0.15) is 11.6 Å². The predicted molar refractivity (Wildman–Crippen MR) is 80.6 cm³/mol. The lowest BCUT2D eigenvalue weighted by Gasteiger charge is -2.19. The molecule has 1 aliphatic rings. The first-order valence-electron chi connectivity index (χ1n) is 6.64. The summed E-state index contributed by atoms with van der Waals surface area (Å²) in [6, 6.07) is 5.11. The molecular weight excluding hydrogens is 291 g/mol. The second kappa shape index (κ2) is 5.83. The quantitative estimate of drug-likeness (QED) is 0.917. The summed E-state index contributed by atoms with van der Waals surface area (Å²) in [4.78, 5) is 12.6. The minimum absolute atomic E-state index is 0.230. The van der Waals surface area contributed by atoms with Gasteiger partial charge in [-0.1, -0.05) is 6.07 Å². The molecule has 2 N–H and O–H groups in total. The van der Waals surface area contributed by atoms with E-state index in [1.54, 1.807) is 24.6 Å². The number of methoxy groups -OCH3 is 1. The van der Waals surface area contributed by atoms with Gasteiger partial charge in [-0.15, -0.1) is 11.3 Å². The molecule has 1 aromatic carbocycles. The second-order valence-corrected chi connectivity index (χ2v) is 5.71. The molecule has 0 saturated carbocycles. The third-order valence-corrected chi connectivity index (χ3v) is 4.40. The second-order valence-electron chi connectivity index (χ2n) is 4.80.